The number of carbonyl (C=O) groups excluding carboxylic acids is 1. The number of alkyl carbamates (subject to hydrolysis) is 1. The van der Waals surface area contributed by atoms with Gasteiger partial charge in [0.1, 0.15) is 23.2 Å². The van der Waals surface area contributed by atoms with Crippen LogP contribution in [0.15, 0.2) is 22.6 Å². The van der Waals surface area contributed by atoms with Gasteiger partial charge in [-0.1, -0.05) is 6.07 Å². The van der Waals surface area contributed by atoms with Crippen molar-refractivity contribution in [2.24, 2.45) is 23.5 Å². The zero-order valence-electron chi connectivity index (χ0n) is 21.7. The van der Waals surface area contributed by atoms with E-state index >= 15 is 0 Å². The number of nitrogens with one attached hydrogen (secondary N) is 2. The van der Waals surface area contributed by atoms with Crippen molar-refractivity contribution >= 4 is 17.2 Å². The number of halogens is 3. The molecule has 0 spiro atoms. The normalized spacial score (nSPS) is 19.2. The van der Waals surface area contributed by atoms with Gasteiger partial charge in [-0.25, -0.2) is 9.78 Å². The smallest absolute Gasteiger partial charge is 0.408 e. The number of hydrogen-bond acceptors (Lipinski definition) is 7. The molecule has 2 fully saturated rings. The predicted molar refractivity (Wildman–Crippen MR) is 132 cm³/mol. The third-order valence-electron chi connectivity index (χ3n) is 6.82. The summed E-state index contributed by atoms with van der Waals surface area (Å²) in [6.07, 6.45) is -0.557. The van der Waals surface area contributed by atoms with Crippen molar-refractivity contribution in [2.75, 3.05) is 20.3 Å². The Hall–Kier alpha value is -2.37. The maximum atomic E-state index is 12.9. The number of fused-ring (bicyclic) bond motifs is 1. The van der Waals surface area contributed by atoms with Crippen LogP contribution in [0.2, 0.25) is 0 Å². The van der Waals surface area contributed by atoms with Crippen LogP contribution in [0, 0.1) is 17.8 Å². The van der Waals surface area contributed by atoms with Gasteiger partial charge in [-0.2, -0.15) is 13.2 Å². The Balaban J connectivity index is 1.59. The number of nitrogens with two attached hydrogens (primary N) is 1. The molecule has 11 heteroatoms. The molecule has 1 aromatic heterocycles. The third-order valence-corrected chi connectivity index (χ3v) is 6.82. The van der Waals surface area contributed by atoms with Gasteiger partial charge in [-0.3, -0.25) is 0 Å². The lowest BCUT2D eigenvalue weighted by Gasteiger charge is -2.27. The summed E-state index contributed by atoms with van der Waals surface area (Å²) >= 11 is 0. The molecule has 2 aliphatic rings. The van der Waals surface area contributed by atoms with Gasteiger partial charge in [0.15, 0.2) is 5.58 Å². The van der Waals surface area contributed by atoms with Crippen LogP contribution in [0.25, 0.3) is 11.1 Å². The Labute approximate surface area is 214 Å². The molecule has 1 unspecified atom stereocenters. The first kappa shape index (κ1) is 27.7. The molecule has 0 aliphatic heterocycles. The molecule has 0 saturated heterocycles. The summed E-state index contributed by atoms with van der Waals surface area (Å²) in [4.78, 5) is 17.5. The van der Waals surface area contributed by atoms with E-state index in [9.17, 15) is 18.0 Å². The van der Waals surface area contributed by atoms with Gasteiger partial charge in [0.05, 0.1) is 12.6 Å². The predicted octanol–water partition coefficient (Wildman–Crippen LogP) is 5.00. The van der Waals surface area contributed by atoms with Crippen LogP contribution in [0.5, 0.6) is 0 Å². The lowest BCUT2D eigenvalue weighted by molar-refractivity contribution is -0.147. The molecule has 0 radical (unpaired) electrons. The zero-order chi connectivity index (χ0) is 27.0. The van der Waals surface area contributed by atoms with E-state index in [0.29, 0.717) is 34.4 Å². The van der Waals surface area contributed by atoms with E-state index < -0.39 is 42.5 Å². The minimum absolute atomic E-state index is 0.148. The number of amides is 1. The molecular formula is C26H37F3N4O4. The summed E-state index contributed by atoms with van der Waals surface area (Å²) in [5.74, 6) is 1.64. The quantitative estimate of drug-likeness (QED) is 0.378. The number of rotatable bonds is 11. The summed E-state index contributed by atoms with van der Waals surface area (Å²) in [6.45, 7) is 5.14. The average molecular weight is 527 g/mol. The topological polar surface area (TPSA) is 112 Å². The summed E-state index contributed by atoms with van der Waals surface area (Å²) in [7, 11) is 1.48. The minimum Gasteiger partial charge on any atom is -0.444 e. The number of carbonyl (C=O) groups is 1. The number of benzene rings is 1. The van der Waals surface area contributed by atoms with Crippen molar-refractivity contribution in [2.45, 2.75) is 76.4 Å². The van der Waals surface area contributed by atoms with E-state index in [2.05, 4.69) is 10.6 Å². The highest BCUT2D eigenvalue weighted by molar-refractivity contribution is 5.74. The highest BCUT2D eigenvalue weighted by Crippen LogP contribution is 2.54. The first-order chi connectivity index (χ1) is 17.4. The van der Waals surface area contributed by atoms with Gasteiger partial charge < -0.3 is 30.3 Å². The SMILES string of the molecule is COCC(NC[C@H](N)C(F)(F)F)c1ccc2oc([C@@H](NC(=O)OC(C)(C)C)C(C3CC3)C3CC3)nc2c1. The summed E-state index contributed by atoms with van der Waals surface area (Å²) in [6, 6.07) is 2.33. The summed E-state index contributed by atoms with van der Waals surface area (Å²) in [5, 5.41) is 5.88. The number of hydrogen-bond donors (Lipinski definition) is 3. The van der Waals surface area contributed by atoms with Gasteiger partial charge in [-0.15, -0.1) is 0 Å². The molecule has 206 valence electrons. The maximum absolute atomic E-state index is 12.9. The molecule has 4 rings (SSSR count). The second kappa shape index (κ2) is 10.8. The standard InChI is InChI=1S/C26H37F3N4O4/c1-25(2,3)37-24(34)33-22(21(14-5-6-14)15-7-8-15)23-32-17-11-16(9-10-19(17)36-23)18(13-35-4)31-12-20(30)26(27,28)29/h9-11,14-15,18,20-22,31H,5-8,12-13,30H2,1-4H3,(H,33,34)/t18?,20-,22-/m0/s1. The van der Waals surface area contributed by atoms with Crippen molar-refractivity contribution in [1.82, 2.24) is 15.6 Å². The van der Waals surface area contributed by atoms with Crippen LogP contribution in [0.4, 0.5) is 18.0 Å². The number of methoxy groups -OCH3 is 1. The Bertz CT molecular complexity index is 1060. The van der Waals surface area contributed by atoms with Crippen LogP contribution in [0.3, 0.4) is 0 Å². The molecule has 37 heavy (non-hydrogen) atoms. The van der Waals surface area contributed by atoms with Crippen molar-refractivity contribution in [3.63, 3.8) is 0 Å². The van der Waals surface area contributed by atoms with Crippen molar-refractivity contribution in [1.29, 1.82) is 0 Å². The van der Waals surface area contributed by atoms with E-state index in [1.807, 2.05) is 20.8 Å². The Morgan fingerprint density at radius 3 is 2.38 bits per heavy atom. The van der Waals surface area contributed by atoms with Gasteiger partial charge in [0.25, 0.3) is 0 Å². The van der Waals surface area contributed by atoms with E-state index in [0.717, 1.165) is 25.7 Å². The number of aromatic nitrogens is 1. The van der Waals surface area contributed by atoms with E-state index in [4.69, 9.17) is 24.6 Å². The molecule has 1 heterocycles. The molecule has 0 bridgehead atoms. The van der Waals surface area contributed by atoms with Crippen LogP contribution < -0.4 is 16.4 Å². The van der Waals surface area contributed by atoms with E-state index in [1.165, 1.54) is 7.11 Å². The first-order valence-corrected chi connectivity index (χ1v) is 12.8. The fourth-order valence-corrected chi connectivity index (χ4v) is 4.79. The third kappa shape index (κ3) is 7.36. The van der Waals surface area contributed by atoms with Crippen LogP contribution in [-0.4, -0.2) is 49.2 Å². The fourth-order valence-electron chi connectivity index (χ4n) is 4.79. The zero-order valence-corrected chi connectivity index (χ0v) is 21.7. The van der Waals surface area contributed by atoms with Gasteiger partial charge in [0.2, 0.25) is 5.89 Å². The minimum atomic E-state index is -4.49. The Morgan fingerprint density at radius 2 is 1.84 bits per heavy atom. The number of oxazole rings is 1. The second-order valence-corrected chi connectivity index (χ2v) is 11.2. The van der Waals surface area contributed by atoms with Gasteiger partial charge in [0, 0.05) is 13.7 Å². The molecule has 3 atom stereocenters. The van der Waals surface area contributed by atoms with Crippen molar-refractivity contribution < 1.29 is 31.9 Å². The second-order valence-electron chi connectivity index (χ2n) is 11.2. The van der Waals surface area contributed by atoms with Crippen LogP contribution in [-0.2, 0) is 9.47 Å². The largest absolute Gasteiger partial charge is 0.444 e. The molecule has 4 N–H and O–H groups in total. The lowest BCUT2D eigenvalue weighted by Crippen LogP contribution is -2.46. The first-order valence-electron chi connectivity index (χ1n) is 12.8. The number of alkyl halides is 3. The van der Waals surface area contributed by atoms with Crippen molar-refractivity contribution in [3.05, 3.63) is 29.7 Å². The van der Waals surface area contributed by atoms with Crippen LogP contribution >= 0.6 is 0 Å². The Morgan fingerprint density at radius 1 is 1.19 bits per heavy atom. The molecule has 1 aromatic carbocycles. The summed E-state index contributed by atoms with van der Waals surface area (Å²) < 4.78 is 55.5. The number of ether oxygens (including phenoxy) is 2. The highest BCUT2D eigenvalue weighted by atomic mass is 19.4. The molecule has 2 aromatic rings. The highest BCUT2D eigenvalue weighted by Gasteiger charge is 2.48. The Kier molecular flexibility index (Phi) is 8.06. The van der Waals surface area contributed by atoms with Gasteiger partial charge in [-0.05, 0) is 81.9 Å². The molecule has 8 nitrogen and oxygen atoms in total. The molecular weight excluding hydrogens is 489 g/mol. The summed E-state index contributed by atoms with van der Waals surface area (Å²) in [5.41, 5.74) is 6.40. The molecule has 2 saturated carbocycles. The van der Waals surface area contributed by atoms with E-state index in [-0.39, 0.29) is 12.5 Å². The van der Waals surface area contributed by atoms with Crippen molar-refractivity contribution in [3.8, 4) is 0 Å². The average Bonchev–Trinajstić information content (AvgIpc) is 3.72. The van der Waals surface area contributed by atoms with E-state index in [1.54, 1.807) is 18.2 Å². The van der Waals surface area contributed by atoms with Gasteiger partial charge >= 0.3 is 12.3 Å². The molecule has 1 amide bonds. The molecule has 2 aliphatic carbocycles. The fraction of sp³-hybridized carbons (Fsp3) is 0.692. The van der Waals surface area contributed by atoms with Crippen LogP contribution in [0.1, 0.15) is 70.0 Å². The monoisotopic (exact) mass is 526 g/mol. The number of nitrogens with zero attached hydrogens (tertiary/aromatic N) is 1. The maximum Gasteiger partial charge on any atom is 0.408 e. The lowest BCUT2D eigenvalue weighted by atomic mass is 9.89.